The molecule has 0 radical (unpaired) electrons. The summed E-state index contributed by atoms with van der Waals surface area (Å²) in [5, 5.41) is 5.04. The van der Waals surface area contributed by atoms with Crippen molar-refractivity contribution in [2.45, 2.75) is 0 Å². The van der Waals surface area contributed by atoms with E-state index < -0.39 is 0 Å². The molecule has 11 aromatic rings. The Morgan fingerprint density at radius 1 is 0.242 bits per heavy atom. The molecule has 1 aliphatic rings. The Kier molecular flexibility index (Phi) is 8.46. The van der Waals surface area contributed by atoms with Crippen molar-refractivity contribution >= 4 is 21.5 Å². The molecule has 0 atom stereocenters. The van der Waals surface area contributed by atoms with Gasteiger partial charge in [-0.05, 0) is 107 Å². The molecule has 288 valence electrons. The molecule has 4 heteroatoms. The molecule has 2 heterocycles. The molecule has 2 aromatic heterocycles. The monoisotopic (exact) mass is 788 g/mol. The van der Waals surface area contributed by atoms with Gasteiger partial charge in [0.05, 0.1) is 0 Å². The smallest absolute Gasteiger partial charge is 0.164 e. The minimum atomic E-state index is 0.623. The molecule has 0 bridgehead atoms. The van der Waals surface area contributed by atoms with Crippen LogP contribution >= 0.6 is 0 Å². The topological polar surface area (TPSA) is 51.6 Å². The van der Waals surface area contributed by atoms with E-state index >= 15 is 0 Å². The van der Waals surface area contributed by atoms with Crippen molar-refractivity contribution < 1.29 is 0 Å². The Bertz CT molecular complexity index is 3380. The van der Waals surface area contributed by atoms with Crippen LogP contribution in [0.15, 0.2) is 219 Å². The fourth-order valence-electron chi connectivity index (χ4n) is 9.39. The zero-order chi connectivity index (χ0) is 41.0. The van der Waals surface area contributed by atoms with Crippen molar-refractivity contribution in [3.05, 3.63) is 219 Å². The second-order valence-corrected chi connectivity index (χ2v) is 15.7. The van der Waals surface area contributed by atoms with E-state index in [1.165, 1.54) is 71.6 Å². The molecule has 0 saturated carbocycles. The minimum absolute atomic E-state index is 0.623. The lowest BCUT2D eigenvalue weighted by atomic mass is 9.82. The van der Waals surface area contributed by atoms with Gasteiger partial charge in [0, 0.05) is 29.1 Å². The molecule has 0 aliphatic heterocycles. The molecule has 62 heavy (non-hydrogen) atoms. The zero-order valence-corrected chi connectivity index (χ0v) is 33.6. The summed E-state index contributed by atoms with van der Waals surface area (Å²) in [4.78, 5) is 19.4. The Morgan fingerprint density at radius 2 is 0.677 bits per heavy atom. The first-order valence-electron chi connectivity index (χ1n) is 21.0. The highest BCUT2D eigenvalue weighted by Crippen LogP contribution is 2.58. The van der Waals surface area contributed by atoms with Gasteiger partial charge in [-0.25, -0.2) is 15.0 Å². The predicted octanol–water partition coefficient (Wildman–Crippen LogP) is 14.9. The van der Waals surface area contributed by atoms with Gasteiger partial charge in [-0.3, -0.25) is 4.98 Å². The first-order chi connectivity index (χ1) is 30.8. The van der Waals surface area contributed by atoms with E-state index in [0.717, 1.165) is 33.4 Å². The van der Waals surface area contributed by atoms with Gasteiger partial charge < -0.3 is 0 Å². The molecular formula is C58H36N4. The molecule has 0 amide bonds. The molecule has 0 unspecified atom stereocenters. The van der Waals surface area contributed by atoms with Crippen LogP contribution < -0.4 is 0 Å². The average Bonchev–Trinajstić information content (AvgIpc) is 3.69. The van der Waals surface area contributed by atoms with Crippen LogP contribution in [-0.2, 0) is 0 Å². The number of benzene rings is 9. The third kappa shape index (κ3) is 5.92. The van der Waals surface area contributed by atoms with Crippen LogP contribution in [0, 0.1) is 0 Å². The highest BCUT2D eigenvalue weighted by molar-refractivity contribution is 6.28. The summed E-state index contributed by atoms with van der Waals surface area (Å²) in [6, 6.07) is 73.4. The lowest BCUT2D eigenvalue weighted by Crippen LogP contribution is -2.00. The fourth-order valence-corrected chi connectivity index (χ4v) is 9.39. The Balaban J connectivity index is 1.00. The van der Waals surface area contributed by atoms with Crippen LogP contribution in [0.1, 0.15) is 0 Å². The molecule has 0 fully saturated rings. The highest BCUT2D eigenvalue weighted by atomic mass is 15.0. The van der Waals surface area contributed by atoms with Crippen molar-refractivity contribution in [3.8, 4) is 101 Å². The third-order valence-corrected chi connectivity index (χ3v) is 12.2. The highest BCUT2D eigenvalue weighted by Gasteiger charge is 2.31. The second kappa shape index (κ2) is 14.7. The van der Waals surface area contributed by atoms with E-state index in [1.54, 1.807) is 0 Å². The summed E-state index contributed by atoms with van der Waals surface area (Å²) in [7, 11) is 0. The predicted molar refractivity (Wildman–Crippen MR) is 255 cm³/mol. The van der Waals surface area contributed by atoms with Gasteiger partial charge in [-0.1, -0.05) is 188 Å². The van der Waals surface area contributed by atoms with Crippen LogP contribution in [0.4, 0.5) is 0 Å². The van der Waals surface area contributed by atoms with Crippen LogP contribution in [0.3, 0.4) is 0 Å². The van der Waals surface area contributed by atoms with E-state index in [9.17, 15) is 0 Å². The standard InChI is InChI=1S/C58H36N4/c1-4-14-39(15-5-1)51-47-22-10-11-23-48(47)52(40-16-6-2-7-17-40)55-50-31-30-45(46-24-13-25-49(53(46)50)54(51)55)38-26-28-42(29-27-38)57-60-56(41-18-8-3-9-19-41)61-58(62-57)44-21-12-20-43(36-44)37-32-34-59-35-33-37/h1-36H. The zero-order valence-electron chi connectivity index (χ0n) is 33.6. The molecule has 9 aromatic carbocycles. The summed E-state index contributed by atoms with van der Waals surface area (Å²) in [5.41, 5.74) is 17.4. The summed E-state index contributed by atoms with van der Waals surface area (Å²) in [6.45, 7) is 0. The van der Waals surface area contributed by atoms with E-state index in [0.29, 0.717) is 17.5 Å². The number of rotatable bonds is 7. The van der Waals surface area contributed by atoms with E-state index in [2.05, 4.69) is 169 Å². The maximum atomic E-state index is 5.10. The van der Waals surface area contributed by atoms with Gasteiger partial charge in [0.2, 0.25) is 0 Å². The lowest BCUT2D eigenvalue weighted by Gasteiger charge is -2.20. The third-order valence-electron chi connectivity index (χ3n) is 12.2. The number of nitrogens with zero attached hydrogens (tertiary/aromatic N) is 4. The van der Waals surface area contributed by atoms with Crippen molar-refractivity contribution in [2.75, 3.05) is 0 Å². The van der Waals surface area contributed by atoms with Crippen molar-refractivity contribution in [2.24, 2.45) is 0 Å². The molecule has 1 aliphatic carbocycles. The molecule has 0 spiro atoms. The molecule has 0 N–H and O–H groups in total. The minimum Gasteiger partial charge on any atom is -0.265 e. The number of fused-ring (bicyclic) bond motifs is 4. The number of hydrogen-bond acceptors (Lipinski definition) is 4. The summed E-state index contributed by atoms with van der Waals surface area (Å²) >= 11 is 0. The summed E-state index contributed by atoms with van der Waals surface area (Å²) in [5.74, 6) is 1.88. The van der Waals surface area contributed by atoms with Gasteiger partial charge in [-0.2, -0.15) is 0 Å². The maximum absolute atomic E-state index is 5.10. The average molecular weight is 789 g/mol. The van der Waals surface area contributed by atoms with Gasteiger partial charge in [0.25, 0.3) is 0 Å². The van der Waals surface area contributed by atoms with Crippen LogP contribution in [0.25, 0.3) is 122 Å². The van der Waals surface area contributed by atoms with E-state index in [4.69, 9.17) is 15.0 Å². The van der Waals surface area contributed by atoms with Gasteiger partial charge in [0.15, 0.2) is 17.5 Å². The normalized spacial score (nSPS) is 11.5. The van der Waals surface area contributed by atoms with Crippen molar-refractivity contribution in [1.82, 2.24) is 19.9 Å². The number of pyridine rings is 1. The largest absolute Gasteiger partial charge is 0.265 e. The van der Waals surface area contributed by atoms with Crippen molar-refractivity contribution in [1.29, 1.82) is 0 Å². The first-order valence-corrected chi connectivity index (χ1v) is 21.0. The van der Waals surface area contributed by atoms with E-state index in [1.807, 2.05) is 54.9 Å². The summed E-state index contributed by atoms with van der Waals surface area (Å²) < 4.78 is 0. The second-order valence-electron chi connectivity index (χ2n) is 15.7. The quantitative estimate of drug-likeness (QED) is 0.161. The van der Waals surface area contributed by atoms with Gasteiger partial charge in [-0.15, -0.1) is 0 Å². The first kappa shape index (κ1) is 35.6. The van der Waals surface area contributed by atoms with Crippen molar-refractivity contribution in [3.63, 3.8) is 0 Å². The molecule has 4 nitrogen and oxygen atoms in total. The molecule has 12 rings (SSSR count). The van der Waals surface area contributed by atoms with Crippen LogP contribution in [0.5, 0.6) is 0 Å². The van der Waals surface area contributed by atoms with Gasteiger partial charge >= 0.3 is 0 Å². The molecular weight excluding hydrogens is 753 g/mol. The lowest BCUT2D eigenvalue weighted by molar-refractivity contribution is 1.07. The Labute approximate surface area is 359 Å². The number of hydrogen-bond donors (Lipinski definition) is 0. The Hall–Kier alpha value is -8.34. The van der Waals surface area contributed by atoms with Gasteiger partial charge in [0.1, 0.15) is 0 Å². The number of aromatic nitrogens is 4. The van der Waals surface area contributed by atoms with E-state index in [-0.39, 0.29) is 0 Å². The molecule has 0 saturated heterocycles. The SMILES string of the molecule is c1ccc(-c2nc(-c3ccc(-c4ccc5c6c(cccc46)-c4c-5c(-c5ccccc5)c5ccccc5c4-c4ccccc4)cc3)nc(-c3cccc(-c4ccncc4)c3)n2)cc1. The summed E-state index contributed by atoms with van der Waals surface area (Å²) in [6.07, 6.45) is 3.63. The fraction of sp³-hybridized carbons (Fsp3) is 0. The van der Waals surface area contributed by atoms with Crippen LogP contribution in [0.2, 0.25) is 0 Å². The van der Waals surface area contributed by atoms with Crippen LogP contribution in [-0.4, -0.2) is 19.9 Å². The maximum Gasteiger partial charge on any atom is 0.164 e. The Morgan fingerprint density at radius 3 is 1.29 bits per heavy atom.